The van der Waals surface area contributed by atoms with E-state index in [4.69, 9.17) is 23.2 Å². The van der Waals surface area contributed by atoms with Crippen LogP contribution in [0.1, 0.15) is 30.1 Å². The average molecular weight is 358 g/mol. The molecule has 1 aromatic carbocycles. The van der Waals surface area contributed by atoms with Gasteiger partial charge in [0.1, 0.15) is 0 Å². The van der Waals surface area contributed by atoms with E-state index in [1.165, 1.54) is 6.07 Å². The van der Waals surface area contributed by atoms with Crippen LogP contribution in [0.4, 0.5) is 0 Å². The smallest absolute Gasteiger partial charge is 0.251 e. The van der Waals surface area contributed by atoms with Crippen molar-refractivity contribution in [2.24, 2.45) is 0 Å². The van der Waals surface area contributed by atoms with Crippen molar-refractivity contribution in [3.05, 3.63) is 33.8 Å². The largest absolute Gasteiger partial charge is 0.343 e. The van der Waals surface area contributed by atoms with Gasteiger partial charge in [0.25, 0.3) is 5.91 Å². The molecule has 2 rings (SSSR count). The lowest BCUT2D eigenvalue weighted by Gasteiger charge is -2.28. The predicted molar refractivity (Wildman–Crippen MR) is 92.1 cm³/mol. The van der Waals surface area contributed by atoms with E-state index in [0.29, 0.717) is 22.2 Å². The lowest BCUT2D eigenvalue weighted by Crippen LogP contribution is -2.46. The summed E-state index contributed by atoms with van der Waals surface area (Å²) >= 11 is 11.7. The molecule has 1 atom stereocenters. The number of hydrogen-bond acceptors (Lipinski definition) is 3. The molecule has 5 nitrogen and oxygen atoms in total. The molecule has 2 N–H and O–H groups in total. The Kier molecular flexibility index (Phi) is 6.69. The third-order valence-corrected chi connectivity index (χ3v) is 4.58. The summed E-state index contributed by atoms with van der Waals surface area (Å²) in [5.41, 5.74) is 0.386. The molecule has 126 valence electrons. The van der Waals surface area contributed by atoms with E-state index in [1.807, 2.05) is 11.8 Å². The highest BCUT2D eigenvalue weighted by Crippen LogP contribution is 2.22. The molecule has 0 saturated carbocycles. The Labute approximate surface area is 146 Å². The minimum atomic E-state index is -0.335. The molecule has 1 fully saturated rings. The number of nitrogens with zero attached hydrogens (tertiary/aromatic N) is 1. The standard InChI is InChI=1S/C16H21Cl2N3O2/c1-2-7-21(12-5-6-19-9-12)15(22)10-20-16(23)11-3-4-13(17)14(18)8-11/h3-4,8,12,19H,2,5-7,9-10H2,1H3,(H,20,23). The zero-order valence-corrected chi connectivity index (χ0v) is 14.6. The molecule has 1 saturated heterocycles. The normalized spacial score (nSPS) is 17.1. The molecule has 0 radical (unpaired) electrons. The summed E-state index contributed by atoms with van der Waals surface area (Å²) in [5.74, 6) is -0.396. The van der Waals surface area contributed by atoms with Crippen LogP contribution in [0, 0.1) is 0 Å². The van der Waals surface area contributed by atoms with Gasteiger partial charge in [-0.1, -0.05) is 30.1 Å². The van der Waals surface area contributed by atoms with Crippen LogP contribution in [0.25, 0.3) is 0 Å². The Balaban J connectivity index is 1.93. The molecule has 0 aromatic heterocycles. The van der Waals surface area contributed by atoms with Gasteiger partial charge in [0, 0.05) is 24.7 Å². The van der Waals surface area contributed by atoms with Crippen molar-refractivity contribution in [3.63, 3.8) is 0 Å². The molecule has 1 heterocycles. The number of amides is 2. The molecule has 1 aliphatic heterocycles. The van der Waals surface area contributed by atoms with Crippen molar-refractivity contribution >= 4 is 35.0 Å². The van der Waals surface area contributed by atoms with Crippen molar-refractivity contribution < 1.29 is 9.59 Å². The van der Waals surface area contributed by atoms with Gasteiger partial charge in [-0.15, -0.1) is 0 Å². The Morgan fingerprint density at radius 1 is 1.35 bits per heavy atom. The van der Waals surface area contributed by atoms with Crippen LogP contribution in [0.2, 0.25) is 10.0 Å². The second-order valence-electron chi connectivity index (χ2n) is 5.55. The van der Waals surface area contributed by atoms with Crippen LogP contribution < -0.4 is 10.6 Å². The summed E-state index contributed by atoms with van der Waals surface area (Å²) in [5, 5.41) is 6.62. The third kappa shape index (κ3) is 4.83. The minimum Gasteiger partial charge on any atom is -0.343 e. The first kappa shape index (κ1) is 18.0. The summed E-state index contributed by atoms with van der Waals surface area (Å²) < 4.78 is 0. The molecule has 0 aliphatic carbocycles. The maximum atomic E-state index is 12.4. The van der Waals surface area contributed by atoms with Crippen LogP contribution in [0.3, 0.4) is 0 Å². The highest BCUT2D eigenvalue weighted by molar-refractivity contribution is 6.42. The van der Waals surface area contributed by atoms with E-state index in [-0.39, 0.29) is 24.4 Å². The molecule has 23 heavy (non-hydrogen) atoms. The van der Waals surface area contributed by atoms with Crippen LogP contribution in [-0.4, -0.2) is 48.9 Å². The number of benzene rings is 1. The van der Waals surface area contributed by atoms with Gasteiger partial charge in [-0.3, -0.25) is 9.59 Å². The highest BCUT2D eigenvalue weighted by atomic mass is 35.5. The Morgan fingerprint density at radius 3 is 2.74 bits per heavy atom. The van der Waals surface area contributed by atoms with Crippen LogP contribution in [-0.2, 0) is 4.79 Å². The van der Waals surface area contributed by atoms with Crippen molar-refractivity contribution in [1.82, 2.24) is 15.5 Å². The van der Waals surface area contributed by atoms with Gasteiger partial charge in [0.15, 0.2) is 0 Å². The molecule has 7 heteroatoms. The van der Waals surface area contributed by atoms with Crippen molar-refractivity contribution in [1.29, 1.82) is 0 Å². The van der Waals surface area contributed by atoms with Crippen LogP contribution in [0.15, 0.2) is 18.2 Å². The van der Waals surface area contributed by atoms with E-state index in [9.17, 15) is 9.59 Å². The monoisotopic (exact) mass is 357 g/mol. The van der Waals surface area contributed by atoms with E-state index < -0.39 is 0 Å². The van der Waals surface area contributed by atoms with E-state index in [2.05, 4.69) is 10.6 Å². The van der Waals surface area contributed by atoms with Gasteiger partial charge < -0.3 is 15.5 Å². The molecule has 1 unspecified atom stereocenters. The number of carbonyl (C=O) groups excluding carboxylic acids is 2. The van der Waals surface area contributed by atoms with Crippen molar-refractivity contribution in [2.45, 2.75) is 25.8 Å². The van der Waals surface area contributed by atoms with Crippen molar-refractivity contribution in [3.8, 4) is 0 Å². The third-order valence-electron chi connectivity index (χ3n) is 3.84. The summed E-state index contributed by atoms with van der Waals surface area (Å²) in [6.07, 6.45) is 1.84. The van der Waals surface area contributed by atoms with E-state index >= 15 is 0 Å². The lowest BCUT2D eigenvalue weighted by atomic mass is 10.2. The Morgan fingerprint density at radius 2 is 2.13 bits per heavy atom. The zero-order chi connectivity index (χ0) is 16.8. The highest BCUT2D eigenvalue weighted by Gasteiger charge is 2.25. The zero-order valence-electron chi connectivity index (χ0n) is 13.1. The first-order chi connectivity index (χ1) is 11.0. The van der Waals surface area contributed by atoms with Gasteiger partial charge in [0.2, 0.25) is 5.91 Å². The quantitative estimate of drug-likeness (QED) is 0.821. The van der Waals surface area contributed by atoms with Crippen LogP contribution in [0.5, 0.6) is 0 Å². The first-order valence-electron chi connectivity index (χ1n) is 7.76. The molecule has 0 spiro atoms. The summed E-state index contributed by atoms with van der Waals surface area (Å²) in [6, 6.07) is 4.85. The molecular weight excluding hydrogens is 337 g/mol. The number of hydrogen-bond donors (Lipinski definition) is 2. The summed E-state index contributed by atoms with van der Waals surface area (Å²) in [4.78, 5) is 26.4. The molecule has 1 aliphatic rings. The van der Waals surface area contributed by atoms with Gasteiger partial charge in [-0.05, 0) is 37.6 Å². The van der Waals surface area contributed by atoms with Crippen molar-refractivity contribution in [2.75, 3.05) is 26.2 Å². The maximum absolute atomic E-state index is 12.4. The summed E-state index contributed by atoms with van der Waals surface area (Å²) in [6.45, 7) is 4.46. The SMILES string of the molecule is CCCN(C(=O)CNC(=O)c1ccc(Cl)c(Cl)c1)C1CCNC1. The van der Waals surface area contributed by atoms with Gasteiger partial charge >= 0.3 is 0 Å². The second kappa shape index (κ2) is 8.52. The molecule has 1 aromatic rings. The lowest BCUT2D eigenvalue weighted by molar-refractivity contribution is -0.132. The fourth-order valence-corrected chi connectivity index (χ4v) is 2.95. The molecule has 0 bridgehead atoms. The Hall–Kier alpha value is -1.30. The number of halogens is 2. The van der Waals surface area contributed by atoms with Gasteiger partial charge in [-0.25, -0.2) is 0 Å². The fraction of sp³-hybridized carbons (Fsp3) is 0.500. The van der Waals surface area contributed by atoms with Gasteiger partial charge in [-0.2, -0.15) is 0 Å². The molecule has 2 amide bonds. The molecular formula is C16H21Cl2N3O2. The van der Waals surface area contributed by atoms with Gasteiger partial charge in [0.05, 0.1) is 16.6 Å². The second-order valence-corrected chi connectivity index (χ2v) is 6.36. The predicted octanol–water partition coefficient (Wildman–Crippen LogP) is 2.32. The fourth-order valence-electron chi connectivity index (χ4n) is 2.65. The van der Waals surface area contributed by atoms with E-state index in [1.54, 1.807) is 12.1 Å². The topological polar surface area (TPSA) is 61.4 Å². The average Bonchev–Trinajstić information content (AvgIpc) is 3.06. The number of carbonyl (C=O) groups is 2. The number of nitrogens with one attached hydrogen (secondary N) is 2. The van der Waals surface area contributed by atoms with E-state index in [0.717, 1.165) is 25.9 Å². The Bertz CT molecular complexity index is 574. The first-order valence-corrected chi connectivity index (χ1v) is 8.52. The number of rotatable bonds is 6. The maximum Gasteiger partial charge on any atom is 0.251 e. The van der Waals surface area contributed by atoms with Crippen LogP contribution >= 0.6 is 23.2 Å². The minimum absolute atomic E-state index is 0.0183. The summed E-state index contributed by atoms with van der Waals surface area (Å²) in [7, 11) is 0.